The molecular weight excluding hydrogens is 330 g/mol. The first-order valence-corrected chi connectivity index (χ1v) is 7.98. The molecule has 1 aliphatic rings. The molecule has 1 aliphatic carbocycles. The van der Waals surface area contributed by atoms with Gasteiger partial charge in [0.2, 0.25) is 0 Å². The molecule has 1 fully saturated rings. The van der Waals surface area contributed by atoms with Crippen LogP contribution >= 0.6 is 12.0 Å². The summed E-state index contributed by atoms with van der Waals surface area (Å²) in [6.07, 6.45) is 2.07. The normalized spacial score (nSPS) is 21.9. The molecule has 2 rings (SSSR count). The number of aryl methyl sites for hydroxylation is 1. The molecule has 0 spiro atoms. The van der Waals surface area contributed by atoms with Crippen molar-refractivity contribution in [1.29, 1.82) is 0 Å². The van der Waals surface area contributed by atoms with E-state index in [0.717, 1.165) is 12.8 Å². The molecule has 1 saturated carbocycles. The third kappa shape index (κ3) is 5.13. The first-order chi connectivity index (χ1) is 10.9. The Labute approximate surface area is 137 Å². The van der Waals surface area contributed by atoms with Crippen LogP contribution < -0.4 is 0 Å². The molecule has 0 saturated heterocycles. The summed E-state index contributed by atoms with van der Waals surface area (Å²) in [7, 11) is 0. The highest BCUT2D eigenvalue weighted by Gasteiger charge is 2.45. The zero-order chi connectivity index (χ0) is 16.9. The Kier molecular flexibility index (Phi) is 6.34. The van der Waals surface area contributed by atoms with Crippen molar-refractivity contribution in [3.05, 3.63) is 35.4 Å². The van der Waals surface area contributed by atoms with Gasteiger partial charge in [0.05, 0.1) is 0 Å². The Morgan fingerprint density at radius 2 is 1.83 bits per heavy atom. The van der Waals surface area contributed by atoms with Gasteiger partial charge in [-0.2, -0.15) is 8.78 Å². The molecule has 0 aliphatic heterocycles. The lowest BCUT2D eigenvalue weighted by molar-refractivity contribution is -0.433. The number of ether oxygens (including phenoxy) is 1. The topological polar surface area (TPSA) is 65.0 Å². The number of esters is 1. The average Bonchev–Trinajstić information content (AvgIpc) is 2.54. The summed E-state index contributed by atoms with van der Waals surface area (Å²) in [5.74, 6) is -1.34. The van der Waals surface area contributed by atoms with Gasteiger partial charge in [-0.05, 0) is 44.1 Å². The molecule has 0 aromatic heterocycles. The Morgan fingerprint density at radius 3 is 2.39 bits per heavy atom. The van der Waals surface area contributed by atoms with Crippen molar-refractivity contribution in [3.63, 3.8) is 0 Å². The van der Waals surface area contributed by atoms with Gasteiger partial charge in [-0.1, -0.05) is 34.9 Å². The number of rotatable bonds is 6. The van der Waals surface area contributed by atoms with Gasteiger partial charge in [-0.25, -0.2) is 10.1 Å². The average molecular weight is 348 g/mol. The predicted octanol–water partition coefficient (Wildman–Crippen LogP) is 4.23. The molecule has 0 amide bonds. The van der Waals surface area contributed by atoms with Gasteiger partial charge in [0.25, 0.3) is 0 Å². The van der Waals surface area contributed by atoms with E-state index in [1.807, 2.05) is 19.1 Å². The van der Waals surface area contributed by atoms with Crippen molar-refractivity contribution in [2.75, 3.05) is 0 Å². The quantitative estimate of drug-likeness (QED) is 0.359. The molecule has 23 heavy (non-hydrogen) atoms. The van der Waals surface area contributed by atoms with Crippen LogP contribution in [0.25, 0.3) is 0 Å². The molecule has 128 valence electrons. The SMILES string of the molecule is Cc1ccc(C2CCC(OC(=O)C(F)(F)SOOO)CC2)cc1. The van der Waals surface area contributed by atoms with Gasteiger partial charge in [0, 0.05) is 0 Å². The van der Waals surface area contributed by atoms with E-state index in [9.17, 15) is 13.6 Å². The second kappa shape index (κ2) is 8.05. The van der Waals surface area contributed by atoms with Gasteiger partial charge in [0.1, 0.15) is 18.1 Å². The lowest BCUT2D eigenvalue weighted by atomic mass is 9.82. The summed E-state index contributed by atoms with van der Waals surface area (Å²) >= 11 is -0.606. The highest BCUT2D eigenvalue weighted by molar-refractivity contribution is 7.96. The molecule has 0 heterocycles. The Morgan fingerprint density at radius 1 is 1.22 bits per heavy atom. The highest BCUT2D eigenvalue weighted by Crippen LogP contribution is 2.36. The minimum absolute atomic E-state index is 0.353. The smallest absolute Gasteiger partial charge is 0.415 e. The minimum Gasteiger partial charge on any atom is -0.457 e. The maximum atomic E-state index is 13.3. The van der Waals surface area contributed by atoms with Crippen LogP contribution in [-0.2, 0) is 18.9 Å². The number of hydrogen-bond acceptors (Lipinski definition) is 6. The van der Waals surface area contributed by atoms with Gasteiger partial charge in [-0.3, -0.25) is 0 Å². The number of carbonyl (C=O) groups is 1. The van der Waals surface area contributed by atoms with Crippen molar-refractivity contribution in [2.45, 2.75) is 49.9 Å². The fourth-order valence-corrected chi connectivity index (χ4v) is 2.90. The van der Waals surface area contributed by atoms with E-state index < -0.39 is 29.4 Å². The molecule has 0 atom stereocenters. The lowest BCUT2D eigenvalue weighted by Gasteiger charge is -2.29. The molecule has 0 radical (unpaired) electrons. The van der Waals surface area contributed by atoms with Crippen LogP contribution in [0, 0.1) is 6.92 Å². The third-order valence-electron chi connectivity index (χ3n) is 3.90. The largest absolute Gasteiger partial charge is 0.457 e. The van der Waals surface area contributed by atoms with E-state index in [0.29, 0.717) is 18.8 Å². The second-order valence-electron chi connectivity index (χ2n) is 5.53. The summed E-state index contributed by atoms with van der Waals surface area (Å²) in [5, 5.41) is 6.99. The van der Waals surface area contributed by atoms with E-state index in [-0.39, 0.29) is 0 Å². The number of hydrogen-bond donors (Lipinski definition) is 1. The monoisotopic (exact) mass is 348 g/mol. The predicted molar refractivity (Wildman–Crippen MR) is 79.6 cm³/mol. The van der Waals surface area contributed by atoms with Gasteiger partial charge in [0.15, 0.2) is 0 Å². The van der Waals surface area contributed by atoms with Crippen LogP contribution in [0.4, 0.5) is 8.78 Å². The van der Waals surface area contributed by atoms with Crippen molar-refractivity contribution in [2.24, 2.45) is 0 Å². The molecule has 0 bridgehead atoms. The van der Waals surface area contributed by atoms with Crippen LogP contribution in [0.1, 0.15) is 42.7 Å². The minimum atomic E-state index is -3.93. The summed E-state index contributed by atoms with van der Waals surface area (Å²) in [4.78, 5) is 11.4. The van der Waals surface area contributed by atoms with E-state index in [2.05, 4.69) is 21.5 Å². The fraction of sp³-hybridized carbons (Fsp3) is 0.533. The Balaban J connectivity index is 1.82. The van der Waals surface area contributed by atoms with Crippen molar-refractivity contribution >= 4 is 18.0 Å². The molecule has 8 heteroatoms. The Bertz CT molecular complexity index is 515. The molecule has 1 aromatic carbocycles. The number of carbonyl (C=O) groups excluding carboxylic acids is 1. The maximum Gasteiger partial charge on any atom is 0.415 e. The van der Waals surface area contributed by atoms with Gasteiger partial charge < -0.3 is 4.74 Å². The standard InChI is InChI=1S/C15H18F2O5S/c1-10-2-4-11(5-3-10)12-6-8-13(9-7-12)20-14(18)15(16,17)23-22-21-19/h2-5,12-13,19H,6-9H2,1H3. The first-order valence-electron chi connectivity index (χ1n) is 7.23. The zero-order valence-electron chi connectivity index (χ0n) is 12.5. The molecular formula is C15H18F2O5S. The number of halogens is 2. The van der Waals surface area contributed by atoms with Gasteiger partial charge >= 0.3 is 11.2 Å². The fourth-order valence-electron chi connectivity index (χ4n) is 2.66. The summed E-state index contributed by atoms with van der Waals surface area (Å²) in [6, 6.07) is 8.23. The Hall–Kier alpha value is -1.22. The van der Waals surface area contributed by atoms with E-state index in [1.165, 1.54) is 11.1 Å². The van der Waals surface area contributed by atoms with Gasteiger partial charge in [-0.15, -0.1) is 4.33 Å². The third-order valence-corrected chi connectivity index (χ3v) is 4.41. The van der Waals surface area contributed by atoms with Crippen molar-refractivity contribution < 1.29 is 32.9 Å². The molecule has 5 nitrogen and oxygen atoms in total. The van der Waals surface area contributed by atoms with Crippen LogP contribution in [0.15, 0.2) is 24.3 Å². The maximum absolute atomic E-state index is 13.3. The molecule has 0 unspecified atom stereocenters. The summed E-state index contributed by atoms with van der Waals surface area (Å²) < 4.78 is 35.1. The second-order valence-corrected chi connectivity index (χ2v) is 6.35. The molecule has 1 aromatic rings. The van der Waals surface area contributed by atoms with Crippen LogP contribution in [0.5, 0.6) is 0 Å². The van der Waals surface area contributed by atoms with Crippen LogP contribution in [-0.4, -0.2) is 22.6 Å². The number of alkyl halides is 2. The van der Waals surface area contributed by atoms with E-state index in [1.54, 1.807) is 0 Å². The van der Waals surface area contributed by atoms with Crippen LogP contribution in [0.3, 0.4) is 0 Å². The van der Waals surface area contributed by atoms with Crippen molar-refractivity contribution in [3.8, 4) is 0 Å². The summed E-state index contributed by atoms with van der Waals surface area (Å²) in [5.41, 5.74) is 2.40. The first kappa shape index (κ1) is 18.1. The van der Waals surface area contributed by atoms with Crippen molar-refractivity contribution in [1.82, 2.24) is 0 Å². The number of benzene rings is 1. The molecule has 1 N–H and O–H groups in total. The van der Waals surface area contributed by atoms with E-state index in [4.69, 9.17) is 9.99 Å². The zero-order valence-corrected chi connectivity index (χ0v) is 13.4. The lowest BCUT2D eigenvalue weighted by Crippen LogP contribution is -2.33. The van der Waals surface area contributed by atoms with Crippen LogP contribution in [0.2, 0.25) is 0 Å². The summed E-state index contributed by atoms with van der Waals surface area (Å²) in [6.45, 7) is 2.02. The highest BCUT2D eigenvalue weighted by atomic mass is 32.2. The van der Waals surface area contributed by atoms with E-state index >= 15 is 0 Å².